The molecule has 1 atom stereocenters. The van der Waals surface area contributed by atoms with E-state index < -0.39 is 0 Å². The molecule has 0 aromatic heterocycles. The van der Waals surface area contributed by atoms with E-state index in [1.165, 1.54) is 11.1 Å². The molecule has 0 radical (unpaired) electrons. The summed E-state index contributed by atoms with van der Waals surface area (Å²) in [5.74, 6) is -0.0428. The molecule has 0 saturated heterocycles. The lowest BCUT2D eigenvalue weighted by Gasteiger charge is -2.17. The Hall–Kier alpha value is -2.29. The standard InChI is InChI=1S/C18H22N2O/c1-12-5-8-16(9-6-12)20-18(21)15(4)19-17-10-7-13(2)11-14(17)3/h5-11,15,19H,1-4H3,(H,20,21)/t15-/m0/s1. The fraction of sp³-hybridized carbons (Fsp3) is 0.278. The lowest BCUT2D eigenvalue weighted by atomic mass is 10.1. The van der Waals surface area contributed by atoms with Crippen LogP contribution >= 0.6 is 0 Å². The highest BCUT2D eigenvalue weighted by Gasteiger charge is 2.13. The van der Waals surface area contributed by atoms with Crippen LogP contribution in [-0.2, 0) is 4.79 Å². The molecule has 2 aromatic carbocycles. The second-order valence-corrected chi connectivity index (χ2v) is 5.54. The number of carbonyl (C=O) groups is 1. The predicted octanol–water partition coefficient (Wildman–Crippen LogP) is 4.05. The second-order valence-electron chi connectivity index (χ2n) is 5.54. The number of aryl methyl sites for hydroxylation is 3. The topological polar surface area (TPSA) is 41.1 Å². The fourth-order valence-corrected chi connectivity index (χ4v) is 2.16. The van der Waals surface area contributed by atoms with Crippen LogP contribution in [0.25, 0.3) is 0 Å². The summed E-state index contributed by atoms with van der Waals surface area (Å²) < 4.78 is 0. The molecule has 0 fully saturated rings. The Morgan fingerprint density at radius 3 is 2.19 bits per heavy atom. The van der Waals surface area contributed by atoms with Gasteiger partial charge in [-0.1, -0.05) is 35.4 Å². The molecule has 0 spiro atoms. The molecule has 0 aliphatic heterocycles. The highest BCUT2D eigenvalue weighted by Crippen LogP contribution is 2.17. The summed E-state index contributed by atoms with van der Waals surface area (Å²) in [6.45, 7) is 7.99. The quantitative estimate of drug-likeness (QED) is 0.888. The summed E-state index contributed by atoms with van der Waals surface area (Å²) in [6.07, 6.45) is 0. The van der Waals surface area contributed by atoms with Crippen molar-refractivity contribution in [1.82, 2.24) is 0 Å². The number of benzene rings is 2. The monoisotopic (exact) mass is 282 g/mol. The Morgan fingerprint density at radius 2 is 1.57 bits per heavy atom. The Kier molecular flexibility index (Phi) is 4.63. The van der Waals surface area contributed by atoms with Gasteiger partial charge in [-0.3, -0.25) is 4.79 Å². The summed E-state index contributed by atoms with van der Waals surface area (Å²) in [5, 5.41) is 6.18. The molecule has 2 rings (SSSR count). The van der Waals surface area contributed by atoms with Crippen LogP contribution in [0.2, 0.25) is 0 Å². The van der Waals surface area contributed by atoms with Gasteiger partial charge in [-0.05, 0) is 51.5 Å². The maximum atomic E-state index is 12.2. The minimum Gasteiger partial charge on any atom is -0.374 e. The molecule has 1 amide bonds. The van der Waals surface area contributed by atoms with Crippen molar-refractivity contribution in [3.63, 3.8) is 0 Å². The average molecular weight is 282 g/mol. The third kappa shape index (κ3) is 4.09. The van der Waals surface area contributed by atoms with E-state index in [4.69, 9.17) is 0 Å². The van der Waals surface area contributed by atoms with Gasteiger partial charge in [0.1, 0.15) is 6.04 Å². The zero-order valence-electron chi connectivity index (χ0n) is 13.0. The normalized spacial score (nSPS) is 11.8. The fourth-order valence-electron chi connectivity index (χ4n) is 2.16. The Bertz CT molecular complexity index is 632. The van der Waals surface area contributed by atoms with Gasteiger partial charge < -0.3 is 10.6 Å². The van der Waals surface area contributed by atoms with Gasteiger partial charge in [-0.15, -0.1) is 0 Å². The second kappa shape index (κ2) is 6.44. The Labute approximate surface area is 126 Å². The largest absolute Gasteiger partial charge is 0.374 e. The predicted molar refractivity (Wildman–Crippen MR) is 88.8 cm³/mol. The van der Waals surface area contributed by atoms with Crippen LogP contribution in [0.15, 0.2) is 42.5 Å². The summed E-state index contributed by atoms with van der Waals surface area (Å²) >= 11 is 0. The van der Waals surface area contributed by atoms with Crippen molar-refractivity contribution in [2.24, 2.45) is 0 Å². The van der Waals surface area contributed by atoms with E-state index in [1.807, 2.05) is 57.2 Å². The van der Waals surface area contributed by atoms with Crippen LogP contribution < -0.4 is 10.6 Å². The van der Waals surface area contributed by atoms with Crippen LogP contribution in [0.1, 0.15) is 23.6 Å². The van der Waals surface area contributed by atoms with E-state index in [2.05, 4.69) is 23.6 Å². The van der Waals surface area contributed by atoms with E-state index in [1.54, 1.807) is 0 Å². The minimum atomic E-state index is -0.298. The van der Waals surface area contributed by atoms with Crippen LogP contribution in [-0.4, -0.2) is 11.9 Å². The van der Waals surface area contributed by atoms with E-state index in [0.29, 0.717) is 0 Å². The molecule has 2 N–H and O–H groups in total. The minimum absolute atomic E-state index is 0.0428. The molecule has 0 saturated carbocycles. The highest BCUT2D eigenvalue weighted by atomic mass is 16.2. The van der Waals surface area contributed by atoms with E-state index >= 15 is 0 Å². The summed E-state index contributed by atoms with van der Waals surface area (Å²) in [4.78, 5) is 12.2. The molecule has 3 heteroatoms. The molecule has 0 heterocycles. The zero-order chi connectivity index (χ0) is 15.4. The number of rotatable bonds is 4. The van der Waals surface area contributed by atoms with Crippen LogP contribution in [0.3, 0.4) is 0 Å². The molecule has 110 valence electrons. The molecular weight excluding hydrogens is 260 g/mol. The highest BCUT2D eigenvalue weighted by molar-refractivity contribution is 5.96. The summed E-state index contributed by atoms with van der Waals surface area (Å²) in [6, 6.07) is 13.7. The van der Waals surface area contributed by atoms with Gasteiger partial charge >= 0.3 is 0 Å². The van der Waals surface area contributed by atoms with Gasteiger partial charge in [0, 0.05) is 11.4 Å². The van der Waals surface area contributed by atoms with Gasteiger partial charge in [-0.2, -0.15) is 0 Å². The molecule has 3 nitrogen and oxygen atoms in total. The Balaban J connectivity index is 2.00. The van der Waals surface area contributed by atoms with Crippen molar-refractivity contribution in [3.8, 4) is 0 Å². The third-order valence-corrected chi connectivity index (χ3v) is 3.47. The van der Waals surface area contributed by atoms with E-state index in [-0.39, 0.29) is 11.9 Å². The van der Waals surface area contributed by atoms with Gasteiger partial charge in [0.2, 0.25) is 5.91 Å². The molecule has 0 aliphatic rings. The first-order chi connectivity index (χ1) is 9.95. The van der Waals surface area contributed by atoms with Gasteiger partial charge in [0.15, 0.2) is 0 Å². The number of anilines is 2. The molecule has 21 heavy (non-hydrogen) atoms. The van der Waals surface area contributed by atoms with Crippen molar-refractivity contribution >= 4 is 17.3 Å². The maximum absolute atomic E-state index is 12.2. The van der Waals surface area contributed by atoms with Crippen LogP contribution in [0.5, 0.6) is 0 Å². The molecule has 2 aromatic rings. The van der Waals surface area contributed by atoms with Crippen molar-refractivity contribution in [2.45, 2.75) is 33.7 Å². The van der Waals surface area contributed by atoms with Gasteiger partial charge in [0.05, 0.1) is 0 Å². The van der Waals surface area contributed by atoms with Crippen molar-refractivity contribution in [1.29, 1.82) is 0 Å². The number of hydrogen-bond acceptors (Lipinski definition) is 2. The lowest BCUT2D eigenvalue weighted by molar-refractivity contribution is -0.116. The zero-order valence-corrected chi connectivity index (χ0v) is 13.0. The van der Waals surface area contributed by atoms with Crippen molar-refractivity contribution in [2.75, 3.05) is 10.6 Å². The van der Waals surface area contributed by atoms with Crippen LogP contribution in [0.4, 0.5) is 11.4 Å². The van der Waals surface area contributed by atoms with E-state index in [0.717, 1.165) is 16.9 Å². The number of carbonyl (C=O) groups excluding carboxylic acids is 1. The maximum Gasteiger partial charge on any atom is 0.246 e. The Morgan fingerprint density at radius 1 is 0.952 bits per heavy atom. The van der Waals surface area contributed by atoms with Gasteiger partial charge in [-0.25, -0.2) is 0 Å². The van der Waals surface area contributed by atoms with Gasteiger partial charge in [0.25, 0.3) is 0 Å². The first-order valence-electron chi connectivity index (χ1n) is 7.17. The average Bonchev–Trinajstić information content (AvgIpc) is 2.44. The van der Waals surface area contributed by atoms with Crippen LogP contribution in [0, 0.1) is 20.8 Å². The molecule has 0 bridgehead atoms. The summed E-state index contributed by atoms with van der Waals surface area (Å²) in [7, 11) is 0. The molecule has 0 unspecified atom stereocenters. The molecular formula is C18H22N2O. The number of hydrogen-bond donors (Lipinski definition) is 2. The van der Waals surface area contributed by atoms with Crippen molar-refractivity contribution in [3.05, 3.63) is 59.2 Å². The smallest absolute Gasteiger partial charge is 0.246 e. The summed E-state index contributed by atoms with van der Waals surface area (Å²) in [5.41, 5.74) is 5.35. The number of nitrogens with one attached hydrogen (secondary N) is 2. The SMILES string of the molecule is Cc1ccc(NC(=O)[C@H](C)Nc2ccc(C)cc2C)cc1. The number of amides is 1. The first kappa shape index (κ1) is 15.1. The van der Waals surface area contributed by atoms with Crippen molar-refractivity contribution < 1.29 is 4.79 Å². The lowest BCUT2D eigenvalue weighted by Crippen LogP contribution is -2.32. The molecule has 0 aliphatic carbocycles. The van der Waals surface area contributed by atoms with E-state index in [9.17, 15) is 4.79 Å². The third-order valence-electron chi connectivity index (χ3n) is 3.47. The first-order valence-corrected chi connectivity index (χ1v) is 7.17.